The third-order valence-electron chi connectivity index (χ3n) is 2.67. The number of aryl methyl sites for hydroxylation is 1. The summed E-state index contributed by atoms with van der Waals surface area (Å²) in [6.45, 7) is 12.6. The summed E-state index contributed by atoms with van der Waals surface area (Å²) in [5.41, 5.74) is 3.24. The minimum Gasteiger partial charge on any atom is -0.197 e. The lowest BCUT2D eigenvalue weighted by Crippen LogP contribution is -2.23. The van der Waals surface area contributed by atoms with Gasteiger partial charge in [0.25, 0.3) is 0 Å². The van der Waals surface area contributed by atoms with Gasteiger partial charge in [0, 0.05) is 10.6 Å². The van der Waals surface area contributed by atoms with Crippen LogP contribution in [0.1, 0.15) is 46.1 Å². The maximum absolute atomic E-state index is 4.64. The van der Waals surface area contributed by atoms with Crippen molar-refractivity contribution >= 4 is 11.2 Å². The molecule has 0 bridgehead atoms. The third kappa shape index (κ3) is 1.49. The molecule has 2 aromatic rings. The summed E-state index contributed by atoms with van der Waals surface area (Å²) in [5, 5.41) is 14.0. The van der Waals surface area contributed by atoms with Crippen LogP contribution in [0.25, 0.3) is 11.2 Å². The predicted molar refractivity (Wildman–Crippen MR) is 64.2 cm³/mol. The van der Waals surface area contributed by atoms with Crippen LogP contribution in [-0.4, -0.2) is 19.8 Å². The first-order valence-electron chi connectivity index (χ1n) is 5.52. The maximum atomic E-state index is 4.64. The van der Waals surface area contributed by atoms with Gasteiger partial charge in [-0.05, 0) is 20.8 Å². The van der Waals surface area contributed by atoms with E-state index in [-0.39, 0.29) is 5.41 Å². The Kier molecular flexibility index (Phi) is 2.26. The molecule has 0 saturated heterocycles. The molecule has 16 heavy (non-hydrogen) atoms. The van der Waals surface area contributed by atoms with Crippen LogP contribution in [0.4, 0.5) is 0 Å². The molecule has 2 rings (SSSR count). The normalized spacial score (nSPS) is 12.4. The molecule has 0 fully saturated rings. The molecular weight excluding hydrogens is 200 g/mol. The average Bonchev–Trinajstić information content (AvgIpc) is 2.64. The zero-order valence-corrected chi connectivity index (χ0v) is 10.8. The highest BCUT2D eigenvalue weighted by atomic mass is 15.4. The molecular formula is C12H18N4. The van der Waals surface area contributed by atoms with E-state index in [1.807, 2.05) is 11.4 Å². The quantitative estimate of drug-likeness (QED) is 0.675. The second kappa shape index (κ2) is 3.27. The van der Waals surface area contributed by atoms with Gasteiger partial charge in [0.1, 0.15) is 0 Å². The summed E-state index contributed by atoms with van der Waals surface area (Å²) in [7, 11) is 0. The summed E-state index contributed by atoms with van der Waals surface area (Å²) in [6, 6.07) is 0. The minimum absolute atomic E-state index is 0.0275. The molecule has 0 radical (unpaired) electrons. The lowest BCUT2D eigenvalue weighted by atomic mass is 9.90. The molecule has 2 aromatic heterocycles. The van der Waals surface area contributed by atoms with Crippen molar-refractivity contribution in [2.24, 2.45) is 0 Å². The topological polar surface area (TPSA) is 43.1 Å². The van der Waals surface area contributed by atoms with Crippen molar-refractivity contribution in [3.63, 3.8) is 0 Å². The first-order valence-corrected chi connectivity index (χ1v) is 5.52. The van der Waals surface area contributed by atoms with Gasteiger partial charge in [-0.3, -0.25) is 0 Å². The van der Waals surface area contributed by atoms with Gasteiger partial charge in [0.05, 0.1) is 5.69 Å². The van der Waals surface area contributed by atoms with Crippen LogP contribution in [0.15, 0.2) is 0 Å². The van der Waals surface area contributed by atoms with Crippen LogP contribution < -0.4 is 5.22 Å². The number of hydrogen-bond donors (Lipinski definition) is 0. The van der Waals surface area contributed by atoms with Crippen LogP contribution in [0, 0.1) is 6.92 Å². The number of fused-ring (bicyclic) bond motifs is 1. The third-order valence-corrected chi connectivity index (χ3v) is 2.67. The first-order chi connectivity index (χ1) is 7.32. The van der Waals surface area contributed by atoms with Gasteiger partial charge in [-0.1, -0.05) is 26.3 Å². The zero-order valence-electron chi connectivity index (χ0n) is 10.8. The Bertz CT molecular complexity index is 583. The fourth-order valence-corrected chi connectivity index (χ4v) is 1.87. The molecule has 0 aliphatic rings. The lowest BCUT2D eigenvalue weighted by Gasteiger charge is -2.15. The Hall–Kier alpha value is -1.45. The van der Waals surface area contributed by atoms with Gasteiger partial charge in [-0.2, -0.15) is 9.61 Å². The van der Waals surface area contributed by atoms with E-state index in [9.17, 15) is 0 Å². The van der Waals surface area contributed by atoms with Crippen LogP contribution in [0.3, 0.4) is 0 Å². The summed E-state index contributed by atoms with van der Waals surface area (Å²) < 4.78 is 1.84. The van der Waals surface area contributed by atoms with Crippen LogP contribution >= 0.6 is 0 Å². The second-order valence-electron chi connectivity index (χ2n) is 5.46. The maximum Gasteiger partial charge on any atom is 0.186 e. The molecule has 86 valence electrons. The van der Waals surface area contributed by atoms with Crippen molar-refractivity contribution in [3.05, 3.63) is 16.7 Å². The molecule has 4 heteroatoms. The standard InChI is InChI=1S/C12H18N4/c1-7(2)9-10(12(4,5)6)15-16-8(3)13-14-11(9)16/h1-6H3. The number of hydrogen-bond acceptors (Lipinski definition) is 3. The van der Waals surface area contributed by atoms with E-state index in [1.165, 1.54) is 5.57 Å². The van der Waals surface area contributed by atoms with E-state index in [0.717, 1.165) is 22.4 Å². The summed E-state index contributed by atoms with van der Waals surface area (Å²) in [6.07, 6.45) is 0. The molecule has 2 heterocycles. The van der Waals surface area contributed by atoms with E-state index < -0.39 is 0 Å². The van der Waals surface area contributed by atoms with Crippen molar-refractivity contribution in [2.75, 3.05) is 0 Å². The Morgan fingerprint density at radius 3 is 2.25 bits per heavy atom. The van der Waals surface area contributed by atoms with E-state index in [2.05, 4.69) is 49.9 Å². The summed E-state index contributed by atoms with van der Waals surface area (Å²) in [5.74, 6) is 0.841. The van der Waals surface area contributed by atoms with Crippen molar-refractivity contribution in [1.29, 1.82) is 0 Å². The van der Waals surface area contributed by atoms with Crippen molar-refractivity contribution in [2.45, 2.75) is 47.0 Å². The number of rotatable bonds is 0. The summed E-state index contributed by atoms with van der Waals surface area (Å²) >= 11 is 0. The summed E-state index contributed by atoms with van der Waals surface area (Å²) in [4.78, 5) is 0. The van der Waals surface area contributed by atoms with Crippen LogP contribution in [-0.2, 0) is 5.41 Å². The Morgan fingerprint density at radius 1 is 1.12 bits per heavy atom. The highest BCUT2D eigenvalue weighted by molar-refractivity contribution is 5.55. The second-order valence-corrected chi connectivity index (χ2v) is 5.46. The van der Waals surface area contributed by atoms with Gasteiger partial charge >= 0.3 is 0 Å². The Labute approximate surface area is 95.4 Å². The van der Waals surface area contributed by atoms with Gasteiger partial charge in [0.15, 0.2) is 11.5 Å². The van der Waals surface area contributed by atoms with Crippen LogP contribution in [0.2, 0.25) is 0 Å². The molecule has 0 unspecified atom stereocenters. The highest BCUT2D eigenvalue weighted by Crippen LogP contribution is 2.18. The predicted octanol–water partition coefficient (Wildman–Crippen LogP) is 1.64. The van der Waals surface area contributed by atoms with Crippen LogP contribution in [0.5, 0.6) is 0 Å². The molecule has 0 N–H and O–H groups in total. The molecule has 0 aliphatic heterocycles. The Balaban J connectivity index is 2.96. The van der Waals surface area contributed by atoms with Crippen molar-refractivity contribution in [1.82, 2.24) is 19.8 Å². The van der Waals surface area contributed by atoms with Crippen molar-refractivity contribution in [3.8, 4) is 0 Å². The van der Waals surface area contributed by atoms with E-state index in [1.54, 1.807) is 0 Å². The molecule has 4 nitrogen and oxygen atoms in total. The smallest absolute Gasteiger partial charge is 0.186 e. The zero-order chi connectivity index (χ0) is 12.1. The van der Waals surface area contributed by atoms with Gasteiger partial charge in [0.2, 0.25) is 0 Å². The highest BCUT2D eigenvalue weighted by Gasteiger charge is 2.23. The SMILES string of the molecule is CC(C)=c1c(C(C)(C)C)nn2c(C)nnc12. The number of aromatic nitrogens is 4. The molecule has 0 saturated carbocycles. The molecule has 0 aromatic carbocycles. The Morgan fingerprint density at radius 2 is 1.75 bits per heavy atom. The monoisotopic (exact) mass is 218 g/mol. The average molecular weight is 218 g/mol. The van der Waals surface area contributed by atoms with E-state index in [0.29, 0.717) is 0 Å². The minimum atomic E-state index is 0.0275. The van der Waals surface area contributed by atoms with E-state index in [4.69, 9.17) is 0 Å². The lowest BCUT2D eigenvalue weighted by molar-refractivity contribution is 0.557. The van der Waals surface area contributed by atoms with Crippen molar-refractivity contribution < 1.29 is 0 Å². The first kappa shape index (κ1) is 11.0. The van der Waals surface area contributed by atoms with Gasteiger partial charge < -0.3 is 0 Å². The molecule has 0 amide bonds. The van der Waals surface area contributed by atoms with Gasteiger partial charge in [-0.15, -0.1) is 10.2 Å². The van der Waals surface area contributed by atoms with E-state index >= 15 is 0 Å². The van der Waals surface area contributed by atoms with Gasteiger partial charge in [-0.25, -0.2) is 0 Å². The fraction of sp³-hybridized carbons (Fsp3) is 0.583. The molecule has 0 atom stereocenters. The molecule has 0 spiro atoms. The molecule has 0 aliphatic carbocycles. The number of nitrogens with zero attached hydrogens (tertiary/aromatic N) is 4. The fourth-order valence-electron chi connectivity index (χ4n) is 1.87. The largest absolute Gasteiger partial charge is 0.197 e.